The van der Waals surface area contributed by atoms with Gasteiger partial charge in [-0.3, -0.25) is 4.79 Å². The number of carbonyl (C=O) groups excluding carboxylic acids is 1. The molecule has 0 aliphatic heterocycles. The monoisotopic (exact) mass is 295 g/mol. The van der Waals surface area contributed by atoms with E-state index >= 15 is 0 Å². The molecule has 0 aliphatic rings. The molecule has 82 valence electrons. The van der Waals surface area contributed by atoms with Crippen LogP contribution in [0.2, 0.25) is 0 Å². The highest BCUT2D eigenvalue weighted by atomic mass is 79.9. The summed E-state index contributed by atoms with van der Waals surface area (Å²) >= 11 is 4.30. The number of halogens is 2. The summed E-state index contributed by atoms with van der Waals surface area (Å²) in [5.41, 5.74) is 0. The lowest BCUT2D eigenvalue weighted by Gasteiger charge is -2.08. The van der Waals surface area contributed by atoms with Crippen LogP contribution in [0.25, 0.3) is 0 Å². The molecule has 1 heterocycles. The molecule has 0 saturated carbocycles. The summed E-state index contributed by atoms with van der Waals surface area (Å²) in [6.07, 6.45) is 0. The maximum atomic E-state index is 12.2. The van der Waals surface area contributed by atoms with Crippen molar-refractivity contribution in [1.29, 1.82) is 0 Å². The van der Waals surface area contributed by atoms with Gasteiger partial charge in [-0.05, 0) is 22.0 Å². The molecule has 0 bridgehead atoms. The Labute approximate surface area is 97.2 Å². The summed E-state index contributed by atoms with van der Waals surface area (Å²) in [6.45, 7) is -1.13. The first-order valence-corrected chi connectivity index (χ1v) is 5.55. The summed E-state index contributed by atoms with van der Waals surface area (Å²) in [5.74, 6) is -1.97. The van der Waals surface area contributed by atoms with Gasteiger partial charge in [-0.1, -0.05) is 0 Å². The molecule has 1 aromatic heterocycles. The first-order valence-electron chi connectivity index (χ1n) is 3.88. The van der Waals surface area contributed by atoms with Crippen LogP contribution in [-0.2, 0) is 4.79 Å². The summed E-state index contributed by atoms with van der Waals surface area (Å²) in [6, 6.07) is 0.0512. The fourth-order valence-electron chi connectivity index (χ4n) is 0.828. The van der Waals surface area contributed by atoms with Crippen LogP contribution < -0.4 is 5.32 Å². The van der Waals surface area contributed by atoms with E-state index < -0.39 is 24.6 Å². The zero-order valence-electron chi connectivity index (χ0n) is 7.37. The fourth-order valence-corrected chi connectivity index (χ4v) is 2.16. The maximum absolute atomic E-state index is 12.2. The molecule has 0 spiro atoms. The minimum absolute atomic E-state index is 0.335. The Morgan fingerprint density at radius 3 is 2.73 bits per heavy atom. The predicted molar refractivity (Wildman–Crippen MR) is 56.9 cm³/mol. The number of rotatable bonds is 4. The lowest BCUT2D eigenvalue weighted by molar-refractivity contribution is -0.139. The topological polar surface area (TPSA) is 66.4 Å². The third kappa shape index (κ3) is 3.28. The van der Waals surface area contributed by atoms with Crippen LogP contribution in [0.3, 0.4) is 0 Å². The van der Waals surface area contributed by atoms with Crippen molar-refractivity contribution >= 4 is 39.1 Å². The molecular weight excluding hydrogens is 289 g/mol. The lowest BCUT2D eigenvalue weighted by atomic mass is 10.3. The van der Waals surface area contributed by atoms with E-state index in [9.17, 15) is 14.0 Å². The van der Waals surface area contributed by atoms with Crippen molar-refractivity contribution < 1.29 is 19.1 Å². The van der Waals surface area contributed by atoms with Crippen molar-refractivity contribution in [2.75, 3.05) is 6.67 Å². The number of carboxylic acid groups (broad SMARTS) is 1. The van der Waals surface area contributed by atoms with Gasteiger partial charge in [0.1, 0.15) is 6.67 Å². The summed E-state index contributed by atoms with van der Waals surface area (Å²) in [7, 11) is 0. The Kier molecular flexibility index (Phi) is 4.22. The number of nitrogens with one attached hydrogen (secondary N) is 1. The predicted octanol–water partition coefficient (Wildman–Crippen LogP) is 1.66. The maximum Gasteiger partial charge on any atom is 0.328 e. The third-order valence-corrected chi connectivity index (χ3v) is 3.24. The lowest BCUT2D eigenvalue weighted by Crippen LogP contribution is -2.42. The molecule has 1 aromatic rings. The number of alkyl halides is 1. The molecule has 1 rings (SSSR count). The molecule has 15 heavy (non-hydrogen) atoms. The second kappa shape index (κ2) is 5.22. The van der Waals surface area contributed by atoms with Crippen molar-refractivity contribution in [3.8, 4) is 0 Å². The quantitative estimate of drug-likeness (QED) is 0.888. The van der Waals surface area contributed by atoms with Crippen molar-refractivity contribution in [2.45, 2.75) is 6.04 Å². The standard InChI is InChI=1S/C8H7BrFNO3S/c9-4-1-6(15-3-4)7(12)11-5(2-10)8(13)14/h1,3,5H,2H2,(H,11,12)(H,13,14). The van der Waals surface area contributed by atoms with Gasteiger partial charge in [0, 0.05) is 9.85 Å². The van der Waals surface area contributed by atoms with Crippen molar-refractivity contribution in [2.24, 2.45) is 0 Å². The van der Waals surface area contributed by atoms with Gasteiger partial charge in [0.25, 0.3) is 5.91 Å². The Bertz CT molecular complexity index is 382. The van der Waals surface area contributed by atoms with E-state index in [0.29, 0.717) is 4.88 Å². The summed E-state index contributed by atoms with van der Waals surface area (Å²) < 4.78 is 12.9. The molecule has 0 aliphatic carbocycles. The van der Waals surface area contributed by atoms with Crippen molar-refractivity contribution in [3.63, 3.8) is 0 Å². The SMILES string of the molecule is O=C(NC(CF)C(=O)O)c1cc(Br)cs1. The molecule has 1 amide bonds. The van der Waals surface area contributed by atoms with E-state index in [1.54, 1.807) is 5.38 Å². The van der Waals surface area contributed by atoms with Gasteiger partial charge >= 0.3 is 5.97 Å². The van der Waals surface area contributed by atoms with Crippen LogP contribution in [0.1, 0.15) is 9.67 Å². The largest absolute Gasteiger partial charge is 0.480 e. The zero-order valence-corrected chi connectivity index (χ0v) is 9.77. The number of hydrogen-bond acceptors (Lipinski definition) is 3. The number of aliphatic carboxylic acids is 1. The Morgan fingerprint density at radius 1 is 1.67 bits per heavy atom. The second-order valence-corrected chi connectivity index (χ2v) is 4.47. The highest BCUT2D eigenvalue weighted by Gasteiger charge is 2.20. The van der Waals surface area contributed by atoms with Gasteiger partial charge < -0.3 is 10.4 Å². The average Bonchev–Trinajstić information content (AvgIpc) is 2.60. The van der Waals surface area contributed by atoms with E-state index in [1.165, 1.54) is 6.07 Å². The van der Waals surface area contributed by atoms with E-state index in [-0.39, 0.29) is 0 Å². The van der Waals surface area contributed by atoms with Crippen LogP contribution >= 0.6 is 27.3 Å². The molecule has 0 saturated heterocycles. The van der Waals surface area contributed by atoms with Gasteiger partial charge in [-0.2, -0.15) is 0 Å². The smallest absolute Gasteiger partial charge is 0.328 e. The Morgan fingerprint density at radius 2 is 2.33 bits per heavy atom. The molecule has 4 nitrogen and oxygen atoms in total. The number of carboxylic acids is 1. The molecule has 1 unspecified atom stereocenters. The van der Waals surface area contributed by atoms with Crippen LogP contribution in [0.15, 0.2) is 15.9 Å². The molecule has 0 radical (unpaired) electrons. The highest BCUT2D eigenvalue weighted by Crippen LogP contribution is 2.19. The first kappa shape index (κ1) is 12.1. The number of carbonyl (C=O) groups is 2. The molecule has 2 N–H and O–H groups in total. The summed E-state index contributed by atoms with van der Waals surface area (Å²) in [5, 5.41) is 12.3. The van der Waals surface area contributed by atoms with Crippen LogP contribution in [0.5, 0.6) is 0 Å². The van der Waals surface area contributed by atoms with E-state index in [2.05, 4.69) is 21.2 Å². The van der Waals surface area contributed by atoms with Crippen molar-refractivity contribution in [3.05, 3.63) is 20.8 Å². The van der Waals surface area contributed by atoms with Gasteiger partial charge in [0.15, 0.2) is 6.04 Å². The van der Waals surface area contributed by atoms with Crippen LogP contribution in [0, 0.1) is 0 Å². The van der Waals surface area contributed by atoms with Gasteiger partial charge in [-0.15, -0.1) is 11.3 Å². The van der Waals surface area contributed by atoms with Gasteiger partial charge in [0.05, 0.1) is 4.88 Å². The molecule has 0 fully saturated rings. The first-order chi connectivity index (χ1) is 7.04. The minimum Gasteiger partial charge on any atom is -0.480 e. The number of amides is 1. The zero-order chi connectivity index (χ0) is 11.4. The molecule has 0 aromatic carbocycles. The van der Waals surface area contributed by atoms with Gasteiger partial charge in [-0.25, -0.2) is 9.18 Å². The number of thiophene rings is 1. The normalized spacial score (nSPS) is 12.1. The van der Waals surface area contributed by atoms with E-state index in [0.717, 1.165) is 15.8 Å². The molecular formula is C8H7BrFNO3S. The van der Waals surface area contributed by atoms with Gasteiger partial charge in [0.2, 0.25) is 0 Å². The minimum atomic E-state index is -1.49. The van der Waals surface area contributed by atoms with Crippen LogP contribution in [0.4, 0.5) is 4.39 Å². The van der Waals surface area contributed by atoms with Crippen molar-refractivity contribution in [1.82, 2.24) is 5.32 Å². The molecule has 7 heteroatoms. The van der Waals surface area contributed by atoms with Crippen LogP contribution in [-0.4, -0.2) is 29.7 Å². The highest BCUT2D eigenvalue weighted by molar-refractivity contribution is 9.10. The van der Waals surface area contributed by atoms with E-state index in [4.69, 9.17) is 5.11 Å². The Balaban J connectivity index is 2.66. The number of hydrogen-bond donors (Lipinski definition) is 2. The van der Waals surface area contributed by atoms with E-state index in [1.807, 2.05) is 0 Å². The average molecular weight is 296 g/mol. The molecule has 1 atom stereocenters. The Hall–Kier alpha value is -0.950. The fraction of sp³-hybridized carbons (Fsp3) is 0.250. The third-order valence-electron chi connectivity index (χ3n) is 1.55. The second-order valence-electron chi connectivity index (χ2n) is 2.65. The summed E-state index contributed by atoms with van der Waals surface area (Å²) in [4.78, 5) is 22.2.